The van der Waals surface area contributed by atoms with E-state index in [1.54, 1.807) is 0 Å². The van der Waals surface area contributed by atoms with Gasteiger partial charge < -0.3 is 10.2 Å². The fourth-order valence-electron chi connectivity index (χ4n) is 1.65. The molecule has 1 aromatic rings. The molecule has 0 saturated heterocycles. The Morgan fingerprint density at radius 2 is 2.30 bits per heavy atom. The minimum Gasteiger partial charge on any atom is -0.364 e. The molecule has 0 radical (unpaired) electrons. The first-order valence-electron chi connectivity index (χ1n) is 6.45. The van der Waals surface area contributed by atoms with Crippen molar-refractivity contribution in [3.63, 3.8) is 0 Å². The van der Waals surface area contributed by atoms with Gasteiger partial charge in [-0.05, 0) is 39.9 Å². The molecule has 0 spiro atoms. The van der Waals surface area contributed by atoms with Crippen LogP contribution in [0.3, 0.4) is 0 Å². The van der Waals surface area contributed by atoms with Gasteiger partial charge in [0.1, 0.15) is 11.6 Å². The third kappa shape index (κ3) is 4.17. The number of aromatic nitrogens is 1. The Hall–Kier alpha value is -2.20. The SMILES string of the molecule is CC(C)N(C)CCCNc1nccc(C#N)c1[N+](=O)[O-]. The molecule has 108 valence electrons. The van der Waals surface area contributed by atoms with Crippen LogP contribution in [0.5, 0.6) is 0 Å². The summed E-state index contributed by atoms with van der Waals surface area (Å²) in [4.78, 5) is 16.6. The first-order chi connectivity index (χ1) is 9.47. The molecular formula is C13H19N5O2. The Morgan fingerprint density at radius 1 is 1.60 bits per heavy atom. The molecule has 0 aromatic carbocycles. The molecule has 1 rings (SSSR count). The summed E-state index contributed by atoms with van der Waals surface area (Å²) in [5.41, 5.74) is -0.237. The molecule has 0 atom stereocenters. The van der Waals surface area contributed by atoms with Gasteiger partial charge in [-0.15, -0.1) is 0 Å². The second-order valence-electron chi connectivity index (χ2n) is 4.78. The van der Waals surface area contributed by atoms with Crippen LogP contribution in [0.25, 0.3) is 0 Å². The molecule has 0 unspecified atom stereocenters. The Labute approximate surface area is 118 Å². The van der Waals surface area contributed by atoms with E-state index >= 15 is 0 Å². The van der Waals surface area contributed by atoms with Crippen LogP contribution in [0.1, 0.15) is 25.8 Å². The Morgan fingerprint density at radius 3 is 2.85 bits per heavy atom. The quantitative estimate of drug-likeness (QED) is 0.465. The third-order valence-corrected chi connectivity index (χ3v) is 3.09. The molecule has 0 aliphatic heterocycles. The van der Waals surface area contributed by atoms with Crippen LogP contribution in [-0.4, -0.2) is 41.0 Å². The number of rotatable bonds is 7. The zero-order valence-electron chi connectivity index (χ0n) is 12.0. The van der Waals surface area contributed by atoms with E-state index in [2.05, 4.69) is 29.0 Å². The maximum Gasteiger partial charge on any atom is 0.328 e. The maximum absolute atomic E-state index is 11.0. The Balaban J connectivity index is 2.65. The summed E-state index contributed by atoms with van der Waals surface area (Å²) in [6, 6.07) is 3.62. The van der Waals surface area contributed by atoms with Crippen molar-refractivity contribution in [2.45, 2.75) is 26.3 Å². The van der Waals surface area contributed by atoms with Gasteiger partial charge in [-0.1, -0.05) is 0 Å². The lowest BCUT2D eigenvalue weighted by Crippen LogP contribution is -2.28. The maximum atomic E-state index is 11.0. The standard InChI is InChI=1S/C13H19N5O2/c1-10(2)17(3)8-4-6-15-13-12(18(19)20)11(9-14)5-7-16-13/h5,7,10H,4,6,8H2,1-3H3,(H,15,16). The molecule has 0 amide bonds. The normalized spacial score (nSPS) is 10.6. The van der Waals surface area contributed by atoms with Crippen molar-refractivity contribution in [1.82, 2.24) is 9.88 Å². The number of hydrogen-bond acceptors (Lipinski definition) is 6. The number of nitrogens with zero attached hydrogens (tertiary/aromatic N) is 4. The van der Waals surface area contributed by atoms with Crippen molar-refractivity contribution < 1.29 is 4.92 Å². The highest BCUT2D eigenvalue weighted by Crippen LogP contribution is 2.25. The molecule has 1 heterocycles. The summed E-state index contributed by atoms with van der Waals surface area (Å²) in [5, 5.41) is 22.8. The van der Waals surface area contributed by atoms with E-state index < -0.39 is 4.92 Å². The van der Waals surface area contributed by atoms with Crippen LogP contribution in [0.2, 0.25) is 0 Å². The molecule has 0 saturated carbocycles. The first kappa shape index (κ1) is 15.9. The minimum atomic E-state index is -0.575. The van der Waals surface area contributed by atoms with E-state index in [1.807, 2.05) is 13.1 Å². The van der Waals surface area contributed by atoms with Crippen LogP contribution >= 0.6 is 0 Å². The van der Waals surface area contributed by atoms with Crippen molar-refractivity contribution in [1.29, 1.82) is 5.26 Å². The summed E-state index contributed by atoms with van der Waals surface area (Å²) < 4.78 is 0. The highest BCUT2D eigenvalue weighted by Gasteiger charge is 2.20. The number of anilines is 1. The highest BCUT2D eigenvalue weighted by molar-refractivity contribution is 5.63. The lowest BCUT2D eigenvalue weighted by molar-refractivity contribution is -0.384. The Bertz CT molecular complexity index is 510. The van der Waals surface area contributed by atoms with Gasteiger partial charge in [0.15, 0.2) is 0 Å². The van der Waals surface area contributed by atoms with Gasteiger partial charge in [-0.25, -0.2) is 4.98 Å². The van der Waals surface area contributed by atoms with E-state index in [-0.39, 0.29) is 17.1 Å². The molecular weight excluding hydrogens is 258 g/mol. The molecule has 1 N–H and O–H groups in total. The predicted octanol–water partition coefficient (Wildman–Crippen LogP) is 2.00. The van der Waals surface area contributed by atoms with Gasteiger partial charge in [-0.2, -0.15) is 5.26 Å². The number of pyridine rings is 1. The molecule has 0 aliphatic carbocycles. The van der Waals surface area contributed by atoms with Crippen LogP contribution in [0.4, 0.5) is 11.5 Å². The smallest absolute Gasteiger partial charge is 0.328 e. The minimum absolute atomic E-state index is 0.0202. The summed E-state index contributed by atoms with van der Waals surface area (Å²) in [6.07, 6.45) is 2.23. The molecule has 0 bridgehead atoms. The molecule has 7 heteroatoms. The summed E-state index contributed by atoms with van der Waals surface area (Å²) >= 11 is 0. The van der Waals surface area contributed by atoms with Gasteiger partial charge in [0.2, 0.25) is 5.82 Å². The van der Waals surface area contributed by atoms with E-state index in [0.717, 1.165) is 13.0 Å². The van der Waals surface area contributed by atoms with Gasteiger partial charge in [0.25, 0.3) is 0 Å². The third-order valence-electron chi connectivity index (χ3n) is 3.09. The Kier molecular flexibility index (Phi) is 5.87. The van der Waals surface area contributed by atoms with Gasteiger partial charge in [0, 0.05) is 18.8 Å². The van der Waals surface area contributed by atoms with E-state index in [4.69, 9.17) is 5.26 Å². The zero-order chi connectivity index (χ0) is 15.1. The second-order valence-corrected chi connectivity index (χ2v) is 4.78. The largest absolute Gasteiger partial charge is 0.364 e. The molecule has 0 aliphatic rings. The topological polar surface area (TPSA) is 95.1 Å². The van der Waals surface area contributed by atoms with Crippen molar-refractivity contribution in [3.8, 4) is 6.07 Å². The number of hydrogen-bond donors (Lipinski definition) is 1. The van der Waals surface area contributed by atoms with Crippen LogP contribution in [0.15, 0.2) is 12.3 Å². The monoisotopic (exact) mass is 277 g/mol. The fourth-order valence-corrected chi connectivity index (χ4v) is 1.65. The van der Waals surface area contributed by atoms with Crippen molar-refractivity contribution >= 4 is 11.5 Å². The average Bonchev–Trinajstić information content (AvgIpc) is 2.42. The number of nitriles is 1. The van der Waals surface area contributed by atoms with Crippen LogP contribution in [0, 0.1) is 21.4 Å². The summed E-state index contributed by atoms with van der Waals surface area (Å²) in [5.74, 6) is 0.154. The van der Waals surface area contributed by atoms with Gasteiger partial charge in [0.05, 0.1) is 4.92 Å². The van der Waals surface area contributed by atoms with E-state index in [1.165, 1.54) is 12.3 Å². The average molecular weight is 277 g/mol. The summed E-state index contributed by atoms with van der Waals surface area (Å²) in [6.45, 7) is 5.67. The van der Waals surface area contributed by atoms with Crippen molar-refractivity contribution in [3.05, 3.63) is 27.9 Å². The van der Waals surface area contributed by atoms with Crippen LogP contribution < -0.4 is 5.32 Å². The molecule has 1 aromatic heterocycles. The van der Waals surface area contributed by atoms with Crippen LogP contribution in [-0.2, 0) is 0 Å². The van der Waals surface area contributed by atoms with Gasteiger partial charge >= 0.3 is 5.69 Å². The molecule has 7 nitrogen and oxygen atoms in total. The summed E-state index contributed by atoms with van der Waals surface area (Å²) in [7, 11) is 2.03. The molecule has 20 heavy (non-hydrogen) atoms. The lowest BCUT2D eigenvalue weighted by atomic mass is 10.2. The molecule has 0 fully saturated rings. The lowest BCUT2D eigenvalue weighted by Gasteiger charge is -2.20. The van der Waals surface area contributed by atoms with E-state index in [9.17, 15) is 10.1 Å². The number of nitro groups is 1. The number of nitrogens with one attached hydrogen (secondary N) is 1. The van der Waals surface area contributed by atoms with Crippen molar-refractivity contribution in [2.24, 2.45) is 0 Å². The zero-order valence-corrected chi connectivity index (χ0v) is 12.0. The first-order valence-corrected chi connectivity index (χ1v) is 6.45. The second kappa shape index (κ2) is 7.40. The van der Waals surface area contributed by atoms with E-state index in [0.29, 0.717) is 12.6 Å². The van der Waals surface area contributed by atoms with Crippen molar-refractivity contribution in [2.75, 3.05) is 25.5 Å². The fraction of sp³-hybridized carbons (Fsp3) is 0.538. The van der Waals surface area contributed by atoms with Gasteiger partial charge in [-0.3, -0.25) is 10.1 Å². The highest BCUT2D eigenvalue weighted by atomic mass is 16.6. The predicted molar refractivity (Wildman–Crippen MR) is 76.5 cm³/mol.